The molecular formula is C21H14BFN6S. The predicted octanol–water partition coefficient (Wildman–Crippen LogP) is 3.46. The number of anilines is 1. The van der Waals surface area contributed by atoms with Gasteiger partial charge in [-0.15, -0.1) is 5.10 Å². The van der Waals surface area contributed by atoms with Crippen LogP contribution >= 0.6 is 11.5 Å². The van der Waals surface area contributed by atoms with Crippen LogP contribution in [-0.2, 0) is 6.54 Å². The fourth-order valence-electron chi connectivity index (χ4n) is 3.19. The molecule has 5 rings (SSSR count). The first-order valence-electron chi connectivity index (χ1n) is 9.18. The molecule has 0 aliphatic heterocycles. The first-order chi connectivity index (χ1) is 14.7. The SMILES string of the molecule is [B]c1cnn2c(NCc3ccc(-c4csnn4)cc3)cc(-c3ccccc3F)nc12. The van der Waals surface area contributed by atoms with Crippen LogP contribution in [0.4, 0.5) is 10.2 Å². The van der Waals surface area contributed by atoms with Crippen LogP contribution in [0.1, 0.15) is 5.56 Å². The van der Waals surface area contributed by atoms with E-state index in [1.165, 1.54) is 23.8 Å². The van der Waals surface area contributed by atoms with Gasteiger partial charge in [0.05, 0.1) is 5.69 Å². The molecule has 0 aliphatic rings. The fraction of sp³-hybridized carbons (Fsp3) is 0.0476. The van der Waals surface area contributed by atoms with Crippen molar-refractivity contribution in [2.45, 2.75) is 6.54 Å². The van der Waals surface area contributed by atoms with E-state index in [-0.39, 0.29) is 5.82 Å². The monoisotopic (exact) mass is 412 g/mol. The molecular weight excluding hydrogens is 398 g/mol. The minimum atomic E-state index is -0.342. The minimum Gasteiger partial charge on any atom is -0.366 e. The topological polar surface area (TPSA) is 68.0 Å². The van der Waals surface area contributed by atoms with Crippen molar-refractivity contribution >= 4 is 36.3 Å². The molecule has 0 unspecified atom stereocenters. The van der Waals surface area contributed by atoms with Gasteiger partial charge in [0, 0.05) is 35.3 Å². The minimum absolute atomic E-state index is 0.342. The number of nitrogens with zero attached hydrogens (tertiary/aromatic N) is 5. The molecule has 0 saturated carbocycles. The van der Waals surface area contributed by atoms with Gasteiger partial charge in [-0.25, -0.2) is 9.37 Å². The van der Waals surface area contributed by atoms with Gasteiger partial charge in [-0.3, -0.25) is 0 Å². The molecule has 30 heavy (non-hydrogen) atoms. The van der Waals surface area contributed by atoms with E-state index in [4.69, 9.17) is 7.85 Å². The third-order valence-electron chi connectivity index (χ3n) is 4.73. The predicted molar refractivity (Wildman–Crippen MR) is 116 cm³/mol. The Labute approximate surface area is 177 Å². The van der Waals surface area contributed by atoms with Gasteiger partial charge in [0.15, 0.2) is 5.65 Å². The lowest BCUT2D eigenvalue weighted by Gasteiger charge is -2.12. The first-order valence-corrected chi connectivity index (χ1v) is 10.0. The van der Waals surface area contributed by atoms with Crippen LogP contribution in [0.2, 0.25) is 0 Å². The quantitative estimate of drug-likeness (QED) is 0.448. The van der Waals surface area contributed by atoms with Crippen molar-refractivity contribution in [2.24, 2.45) is 0 Å². The molecule has 0 fully saturated rings. The highest BCUT2D eigenvalue weighted by Gasteiger charge is 2.13. The molecule has 0 spiro atoms. The molecule has 0 saturated heterocycles. The zero-order valence-electron chi connectivity index (χ0n) is 15.7. The molecule has 6 nitrogen and oxygen atoms in total. The Kier molecular flexibility index (Phi) is 4.72. The molecule has 0 atom stereocenters. The Morgan fingerprint density at radius 3 is 2.67 bits per heavy atom. The van der Waals surface area contributed by atoms with Crippen LogP contribution in [0.15, 0.2) is 66.2 Å². The average Bonchev–Trinajstić information content (AvgIpc) is 3.43. The molecule has 0 bridgehead atoms. The number of hydrogen-bond donors (Lipinski definition) is 1. The smallest absolute Gasteiger partial charge is 0.150 e. The largest absolute Gasteiger partial charge is 0.366 e. The standard InChI is InChI=1S/C21H14BFN6S/c22-16-11-25-29-20(9-18(26-21(16)29)15-3-1-2-4-17(15)23)24-10-13-5-7-14(8-6-13)19-12-30-28-27-19/h1-9,11-12,24H,10H2. The Morgan fingerprint density at radius 2 is 1.90 bits per heavy atom. The lowest BCUT2D eigenvalue weighted by Crippen LogP contribution is -2.09. The van der Waals surface area contributed by atoms with E-state index in [2.05, 4.69) is 25.0 Å². The molecule has 5 aromatic rings. The van der Waals surface area contributed by atoms with Crippen molar-refractivity contribution in [3.63, 3.8) is 0 Å². The molecule has 3 aromatic heterocycles. The maximum absolute atomic E-state index is 14.3. The second-order valence-corrected chi connectivity index (χ2v) is 7.29. The summed E-state index contributed by atoms with van der Waals surface area (Å²) >= 11 is 1.32. The van der Waals surface area contributed by atoms with Gasteiger partial charge in [-0.05, 0) is 34.7 Å². The summed E-state index contributed by atoms with van der Waals surface area (Å²) in [5.41, 5.74) is 4.74. The van der Waals surface area contributed by atoms with Crippen molar-refractivity contribution in [1.29, 1.82) is 0 Å². The highest BCUT2D eigenvalue weighted by atomic mass is 32.1. The van der Waals surface area contributed by atoms with Crippen molar-refractivity contribution < 1.29 is 4.39 Å². The Balaban J connectivity index is 1.46. The van der Waals surface area contributed by atoms with Crippen molar-refractivity contribution in [2.75, 3.05) is 5.32 Å². The summed E-state index contributed by atoms with van der Waals surface area (Å²) in [7, 11) is 6.02. The van der Waals surface area contributed by atoms with Gasteiger partial charge in [-0.1, -0.05) is 40.9 Å². The van der Waals surface area contributed by atoms with Gasteiger partial charge < -0.3 is 5.32 Å². The molecule has 1 N–H and O–H groups in total. The van der Waals surface area contributed by atoms with Crippen LogP contribution in [0.25, 0.3) is 28.2 Å². The molecule has 144 valence electrons. The summed E-state index contributed by atoms with van der Waals surface area (Å²) in [6.45, 7) is 0.547. The third-order valence-corrected chi connectivity index (χ3v) is 5.24. The summed E-state index contributed by atoms with van der Waals surface area (Å²) in [5.74, 6) is 0.327. The lowest BCUT2D eigenvalue weighted by molar-refractivity contribution is 0.630. The van der Waals surface area contributed by atoms with E-state index in [1.54, 1.807) is 28.8 Å². The molecule has 2 aromatic carbocycles. The maximum atomic E-state index is 14.3. The number of aromatic nitrogens is 5. The number of hydrogen-bond acceptors (Lipinski definition) is 6. The van der Waals surface area contributed by atoms with Crippen molar-refractivity contribution in [3.05, 3.63) is 77.6 Å². The molecule has 3 heterocycles. The molecule has 9 heteroatoms. The van der Waals surface area contributed by atoms with Crippen LogP contribution < -0.4 is 10.8 Å². The highest BCUT2D eigenvalue weighted by molar-refractivity contribution is 7.03. The second-order valence-electron chi connectivity index (χ2n) is 6.68. The number of nitrogens with one attached hydrogen (secondary N) is 1. The van der Waals surface area contributed by atoms with E-state index in [1.807, 2.05) is 29.6 Å². The Hall–Kier alpha value is -3.59. The second kappa shape index (κ2) is 7.68. The third kappa shape index (κ3) is 3.44. The fourth-order valence-corrected chi connectivity index (χ4v) is 3.65. The zero-order chi connectivity index (χ0) is 20.5. The van der Waals surface area contributed by atoms with E-state index >= 15 is 0 Å². The first kappa shape index (κ1) is 18.4. The highest BCUT2D eigenvalue weighted by Crippen LogP contribution is 2.25. The number of halogens is 1. The average molecular weight is 412 g/mol. The summed E-state index contributed by atoms with van der Waals surface area (Å²) in [4.78, 5) is 4.51. The number of rotatable bonds is 5. The van der Waals surface area contributed by atoms with Gasteiger partial charge >= 0.3 is 0 Å². The summed E-state index contributed by atoms with van der Waals surface area (Å²) in [6, 6.07) is 16.4. The lowest BCUT2D eigenvalue weighted by atomic mass is 10.0. The number of benzene rings is 2. The van der Waals surface area contributed by atoms with E-state index < -0.39 is 0 Å². The Bertz CT molecular complexity index is 1320. The van der Waals surface area contributed by atoms with E-state index in [0.717, 1.165) is 16.8 Å². The maximum Gasteiger partial charge on any atom is 0.150 e. The van der Waals surface area contributed by atoms with Crippen molar-refractivity contribution in [1.82, 2.24) is 24.2 Å². The molecule has 0 aliphatic carbocycles. The van der Waals surface area contributed by atoms with Gasteiger partial charge in [0.1, 0.15) is 25.2 Å². The van der Waals surface area contributed by atoms with Gasteiger partial charge in [0.2, 0.25) is 0 Å². The zero-order valence-corrected chi connectivity index (χ0v) is 16.5. The van der Waals surface area contributed by atoms with Gasteiger partial charge in [-0.2, -0.15) is 9.61 Å². The van der Waals surface area contributed by atoms with E-state index in [0.29, 0.717) is 34.7 Å². The number of fused-ring (bicyclic) bond motifs is 1. The summed E-state index contributed by atoms with van der Waals surface area (Å²) in [6.07, 6.45) is 1.54. The van der Waals surface area contributed by atoms with Crippen LogP contribution in [0.3, 0.4) is 0 Å². The Morgan fingerprint density at radius 1 is 1.07 bits per heavy atom. The van der Waals surface area contributed by atoms with Gasteiger partial charge in [0.25, 0.3) is 0 Å². The summed E-state index contributed by atoms with van der Waals surface area (Å²) in [5, 5.41) is 13.6. The molecule has 2 radical (unpaired) electrons. The summed E-state index contributed by atoms with van der Waals surface area (Å²) < 4.78 is 19.8. The van der Waals surface area contributed by atoms with Crippen LogP contribution in [-0.4, -0.2) is 32.0 Å². The van der Waals surface area contributed by atoms with Crippen molar-refractivity contribution in [3.8, 4) is 22.5 Å². The van der Waals surface area contributed by atoms with Crippen LogP contribution in [0.5, 0.6) is 0 Å². The molecule has 0 amide bonds. The van der Waals surface area contributed by atoms with Crippen LogP contribution in [0, 0.1) is 5.82 Å². The normalized spacial score (nSPS) is 11.1. The van der Waals surface area contributed by atoms with E-state index in [9.17, 15) is 4.39 Å².